The summed E-state index contributed by atoms with van der Waals surface area (Å²) < 4.78 is 0. The van der Waals surface area contributed by atoms with Crippen LogP contribution in [0, 0.1) is 88.7 Å². The zero-order valence-electron chi connectivity index (χ0n) is 42.7. The number of carboxylic acid groups (broad SMARTS) is 6. The SMILES string of the molecule is CC(C)(C)C(=O)[O-].CC(C)(C)C(=O)[O-].CC(C)(C)C(=O)[O-].CC(C)(C)C(=O)[O-].CC(C)(C)C(=O)[O-].CC(C)(C)C(=O)[O-].O=[N+]([O-])[O-].[Co+2].[Co+2].[Nd+3].c1ccc2ncccc2c1.c1ccc2ncccc2c1. The van der Waals surface area contributed by atoms with E-state index in [1.807, 2.05) is 60.9 Å². The van der Waals surface area contributed by atoms with Crippen molar-refractivity contribution >= 4 is 57.6 Å². The average Bonchev–Trinajstić information content (AvgIpc) is 3.14. The summed E-state index contributed by atoms with van der Waals surface area (Å²) >= 11 is 0. The normalized spacial score (nSPS) is 10.1. The maximum atomic E-state index is 9.91. The third kappa shape index (κ3) is 52.9. The molecule has 0 aliphatic rings. The van der Waals surface area contributed by atoms with E-state index in [1.165, 1.54) is 10.8 Å². The van der Waals surface area contributed by atoms with Crippen LogP contribution in [0.15, 0.2) is 85.2 Å². The van der Waals surface area contributed by atoms with Crippen LogP contribution in [0.25, 0.3) is 21.8 Å². The number of fused-ring (bicyclic) bond motifs is 2. The second kappa shape index (κ2) is 38.4. The van der Waals surface area contributed by atoms with Crippen LogP contribution in [0.3, 0.4) is 0 Å². The van der Waals surface area contributed by atoms with Gasteiger partial charge in [-0.2, -0.15) is 0 Å². The molecule has 0 unspecified atom stereocenters. The first-order chi connectivity index (χ1) is 29.3. The van der Waals surface area contributed by atoms with Gasteiger partial charge in [0, 0.05) is 91.5 Å². The van der Waals surface area contributed by atoms with Crippen molar-refractivity contribution in [2.45, 2.75) is 125 Å². The minimum Gasteiger partial charge on any atom is -0.550 e. The topological polar surface area (TPSA) is 333 Å². The molecule has 2 aromatic heterocycles. The van der Waals surface area contributed by atoms with E-state index in [2.05, 4.69) is 34.2 Å². The molecule has 0 saturated heterocycles. The molecule has 4 rings (SSSR count). The number of nitrogens with zero attached hydrogens (tertiary/aromatic N) is 3. The van der Waals surface area contributed by atoms with Crippen molar-refractivity contribution < 1.29 is 139 Å². The summed E-state index contributed by atoms with van der Waals surface area (Å²) in [5.74, 6) is -6.04. The fraction of sp³-hybridized carbons (Fsp3) is 0.500. The van der Waals surface area contributed by atoms with Crippen molar-refractivity contribution in [1.82, 2.24) is 9.97 Å². The van der Waals surface area contributed by atoms with Gasteiger partial charge in [-0.15, -0.1) is 0 Å². The number of hydrogen-bond acceptors (Lipinski definition) is 17. The van der Waals surface area contributed by atoms with Crippen molar-refractivity contribution in [2.24, 2.45) is 32.5 Å². The number of carbonyl (C=O) groups is 6. The Labute approximate surface area is 460 Å². The molecule has 0 bridgehead atoms. The predicted octanol–water partition coefficient (Wildman–Crippen LogP) is 2.92. The van der Waals surface area contributed by atoms with Gasteiger partial charge in [0.15, 0.2) is 0 Å². The second-order valence-corrected chi connectivity index (χ2v) is 19.8. The second-order valence-electron chi connectivity index (χ2n) is 19.8. The quantitative estimate of drug-likeness (QED) is 0.180. The summed E-state index contributed by atoms with van der Waals surface area (Å²) in [6.45, 7) is 28.8. The van der Waals surface area contributed by atoms with Gasteiger partial charge in [0.1, 0.15) is 0 Å². The number of rotatable bonds is 0. The van der Waals surface area contributed by atoms with E-state index in [4.69, 9.17) is 15.3 Å². The molecule has 2 aromatic carbocycles. The summed E-state index contributed by atoms with van der Waals surface area (Å²) in [4.78, 5) is 76.1. The monoisotopic (exact) mass is 1190 g/mol. The van der Waals surface area contributed by atoms with Gasteiger partial charge in [0.2, 0.25) is 0 Å². The molecule has 0 spiro atoms. The van der Waals surface area contributed by atoms with E-state index in [0.717, 1.165) is 11.0 Å². The minimum absolute atomic E-state index is 0. The number of pyridine rings is 2. The summed E-state index contributed by atoms with van der Waals surface area (Å²) in [5.41, 5.74) is -2.05. The van der Waals surface area contributed by atoms with E-state index >= 15 is 0 Å². The Kier molecular flexibility index (Phi) is 45.4. The van der Waals surface area contributed by atoms with Gasteiger partial charge in [0.05, 0.1) is 16.1 Å². The Morgan fingerprint density at radius 2 is 0.493 bits per heavy atom. The fourth-order valence-corrected chi connectivity index (χ4v) is 2.03. The van der Waals surface area contributed by atoms with E-state index in [1.54, 1.807) is 125 Å². The number of carbonyl (C=O) groups excluding carboxylic acids is 6. The molecule has 0 saturated carbocycles. The van der Waals surface area contributed by atoms with Gasteiger partial charge in [-0.1, -0.05) is 173 Å². The zero-order valence-corrected chi connectivity index (χ0v) is 48.0. The van der Waals surface area contributed by atoms with E-state index in [-0.39, 0.29) is 74.4 Å². The van der Waals surface area contributed by atoms with E-state index in [0.29, 0.717) is 0 Å². The van der Waals surface area contributed by atoms with Crippen molar-refractivity contribution in [3.05, 3.63) is 101 Å². The number of aromatic nitrogens is 2. The molecule has 69 heavy (non-hydrogen) atoms. The minimum atomic E-state index is -1.75. The molecule has 0 aliphatic heterocycles. The Morgan fingerprint density at radius 3 is 0.623 bits per heavy atom. The standard InChI is InChI=1S/2C9H7N.6C5H10O2.2Co.NO3.Nd/c2*1-2-6-9-8(4-1)5-3-7-10-9;6*1-5(2,3)4(6)7;;;2-1(3)4;/h2*1-7H;6*1-3H3,(H,6,7);;;;/q;;;;;;;;2*+2;-1;+3/p-6. The Morgan fingerprint density at radius 1 is 0.362 bits per heavy atom. The van der Waals surface area contributed by atoms with Crippen LogP contribution >= 0.6 is 0 Å². The Hall–Kier alpha value is -4.36. The van der Waals surface area contributed by atoms with Crippen molar-refractivity contribution in [3.63, 3.8) is 0 Å². The molecule has 0 aliphatic carbocycles. The maximum Gasteiger partial charge on any atom is 3.00 e. The van der Waals surface area contributed by atoms with Crippen LogP contribution in [0.2, 0.25) is 0 Å². The predicted molar refractivity (Wildman–Crippen MR) is 241 cm³/mol. The van der Waals surface area contributed by atoms with Crippen LogP contribution in [0.5, 0.6) is 0 Å². The van der Waals surface area contributed by atoms with Gasteiger partial charge in [-0.05, 0) is 24.3 Å². The van der Waals surface area contributed by atoms with Gasteiger partial charge in [0.25, 0.3) is 0 Å². The molecular formula is C48H68Co2N3NdO15. The zero-order chi connectivity index (χ0) is 53.7. The van der Waals surface area contributed by atoms with Crippen LogP contribution in [-0.2, 0) is 62.3 Å². The summed E-state index contributed by atoms with van der Waals surface area (Å²) in [7, 11) is 0. The Balaban J connectivity index is -0.000000102. The maximum absolute atomic E-state index is 9.91. The van der Waals surface area contributed by atoms with Gasteiger partial charge >= 0.3 is 74.4 Å². The molecule has 0 amide bonds. The number of carboxylic acids is 6. The summed E-state index contributed by atoms with van der Waals surface area (Å²) in [6, 6.07) is 24.2. The van der Waals surface area contributed by atoms with Crippen LogP contribution < -0.4 is 30.6 Å². The molecule has 387 valence electrons. The molecule has 3 radical (unpaired) electrons. The molecule has 0 N–H and O–H groups in total. The van der Waals surface area contributed by atoms with Crippen molar-refractivity contribution in [2.75, 3.05) is 0 Å². The molecular weight excluding hydrogens is 1120 g/mol. The largest absolute Gasteiger partial charge is 3.00 e. The smallest absolute Gasteiger partial charge is 0.550 e. The number of para-hydroxylation sites is 2. The first-order valence-electron chi connectivity index (χ1n) is 20.0. The molecule has 0 fully saturated rings. The van der Waals surface area contributed by atoms with Crippen LogP contribution in [0.1, 0.15) is 125 Å². The average molecular weight is 1190 g/mol. The fourth-order valence-electron chi connectivity index (χ4n) is 2.03. The number of hydrogen-bond donors (Lipinski definition) is 0. The van der Waals surface area contributed by atoms with Crippen molar-refractivity contribution in [3.8, 4) is 0 Å². The molecule has 18 nitrogen and oxygen atoms in total. The molecule has 2 heterocycles. The summed E-state index contributed by atoms with van der Waals surface area (Å²) in [6.07, 6.45) is 3.62. The number of aliphatic carboxylic acids is 6. The van der Waals surface area contributed by atoms with Gasteiger partial charge in [-0.25, -0.2) is 0 Å². The first-order valence-corrected chi connectivity index (χ1v) is 20.0. The van der Waals surface area contributed by atoms with Crippen molar-refractivity contribution in [1.29, 1.82) is 0 Å². The van der Waals surface area contributed by atoms with Crippen LogP contribution in [-0.4, -0.2) is 50.9 Å². The molecule has 4 aromatic rings. The third-order valence-corrected chi connectivity index (χ3v) is 6.70. The van der Waals surface area contributed by atoms with E-state index < -0.39 is 73.4 Å². The summed E-state index contributed by atoms with van der Waals surface area (Å²) in [5, 5.41) is 76.6. The van der Waals surface area contributed by atoms with Gasteiger partial charge < -0.3 is 74.7 Å². The molecule has 0 atom stereocenters. The van der Waals surface area contributed by atoms with Gasteiger partial charge in [-0.3, -0.25) is 9.97 Å². The Bertz CT molecular complexity index is 1700. The first kappa shape index (κ1) is 81.6. The molecule has 21 heteroatoms. The van der Waals surface area contributed by atoms with Crippen LogP contribution in [0.4, 0.5) is 0 Å². The third-order valence-electron chi connectivity index (χ3n) is 6.70. The van der Waals surface area contributed by atoms with E-state index in [9.17, 15) is 59.4 Å². The number of benzene rings is 2.